The maximum absolute atomic E-state index is 12.5. The van der Waals surface area contributed by atoms with Crippen LogP contribution in [0.5, 0.6) is 11.5 Å². The molecular weight excluding hydrogens is 392 g/mol. The molecule has 0 spiro atoms. The van der Waals surface area contributed by atoms with Gasteiger partial charge in [0.1, 0.15) is 16.5 Å². The molecule has 1 N–H and O–H groups in total. The first-order valence-electron chi connectivity index (χ1n) is 8.76. The quantitative estimate of drug-likeness (QED) is 0.590. The molecule has 150 valence electrons. The van der Waals surface area contributed by atoms with Crippen LogP contribution < -0.4 is 14.8 Å². The van der Waals surface area contributed by atoms with Gasteiger partial charge in [-0.25, -0.2) is 9.78 Å². The van der Waals surface area contributed by atoms with Gasteiger partial charge >= 0.3 is 5.97 Å². The zero-order valence-electron chi connectivity index (χ0n) is 16.2. The molecule has 3 aromatic rings. The van der Waals surface area contributed by atoms with Crippen LogP contribution in [0.25, 0.3) is 10.6 Å². The molecule has 8 heteroatoms. The zero-order chi connectivity index (χ0) is 20.8. The summed E-state index contributed by atoms with van der Waals surface area (Å²) >= 11 is 1.34. The van der Waals surface area contributed by atoms with E-state index in [2.05, 4.69) is 10.3 Å². The summed E-state index contributed by atoms with van der Waals surface area (Å²) in [5.41, 5.74) is 1.49. The number of ether oxygens (including phenoxy) is 3. The number of thiazole rings is 1. The van der Waals surface area contributed by atoms with Crippen LogP contribution >= 0.6 is 11.3 Å². The average molecular weight is 412 g/mol. The number of rotatable bonds is 7. The molecule has 0 saturated carbocycles. The van der Waals surface area contributed by atoms with Gasteiger partial charge in [-0.1, -0.05) is 30.3 Å². The highest BCUT2D eigenvalue weighted by molar-refractivity contribution is 7.13. The van der Waals surface area contributed by atoms with Gasteiger partial charge in [0.2, 0.25) is 0 Å². The van der Waals surface area contributed by atoms with E-state index >= 15 is 0 Å². The normalized spacial score (nSPS) is 11.4. The lowest BCUT2D eigenvalue weighted by molar-refractivity contribution is -0.123. The van der Waals surface area contributed by atoms with E-state index in [9.17, 15) is 9.59 Å². The van der Waals surface area contributed by atoms with Crippen LogP contribution in [-0.4, -0.2) is 37.2 Å². The Morgan fingerprint density at radius 2 is 1.83 bits per heavy atom. The second-order valence-electron chi connectivity index (χ2n) is 6.01. The summed E-state index contributed by atoms with van der Waals surface area (Å²) in [7, 11) is 3.02. The molecule has 0 radical (unpaired) electrons. The SMILES string of the molecule is COc1ccc(OC)c(NC(=O)C(C)OC(=O)c2csc(-c3ccccc3)n2)c1. The molecule has 1 unspecified atom stereocenters. The van der Waals surface area contributed by atoms with E-state index in [0.29, 0.717) is 22.2 Å². The molecule has 1 heterocycles. The maximum Gasteiger partial charge on any atom is 0.358 e. The summed E-state index contributed by atoms with van der Waals surface area (Å²) in [5, 5.41) is 5.00. The van der Waals surface area contributed by atoms with Crippen LogP contribution in [-0.2, 0) is 9.53 Å². The number of nitrogens with one attached hydrogen (secondary N) is 1. The molecule has 0 aliphatic rings. The molecule has 7 nitrogen and oxygen atoms in total. The molecule has 1 amide bonds. The minimum absolute atomic E-state index is 0.160. The molecule has 2 aromatic carbocycles. The third kappa shape index (κ3) is 4.91. The van der Waals surface area contributed by atoms with Crippen LogP contribution in [0, 0.1) is 0 Å². The monoisotopic (exact) mass is 412 g/mol. The minimum atomic E-state index is -1.03. The van der Waals surface area contributed by atoms with Crippen LogP contribution in [0.2, 0.25) is 0 Å². The zero-order valence-corrected chi connectivity index (χ0v) is 17.0. The number of amides is 1. The number of carbonyl (C=O) groups excluding carboxylic acids is 2. The van der Waals surface area contributed by atoms with Gasteiger partial charge in [-0.3, -0.25) is 4.79 Å². The Hall–Kier alpha value is -3.39. The van der Waals surface area contributed by atoms with Crippen molar-refractivity contribution in [3.05, 3.63) is 59.6 Å². The van der Waals surface area contributed by atoms with Crippen molar-refractivity contribution in [2.75, 3.05) is 19.5 Å². The number of anilines is 1. The Morgan fingerprint density at radius 1 is 1.07 bits per heavy atom. The average Bonchev–Trinajstić information content (AvgIpc) is 3.24. The van der Waals surface area contributed by atoms with E-state index in [0.717, 1.165) is 5.56 Å². The molecule has 0 bridgehead atoms. The summed E-state index contributed by atoms with van der Waals surface area (Å²) in [4.78, 5) is 29.2. The molecule has 1 atom stereocenters. The van der Waals surface area contributed by atoms with Crippen LogP contribution in [0.1, 0.15) is 17.4 Å². The number of esters is 1. The van der Waals surface area contributed by atoms with E-state index in [-0.39, 0.29) is 5.69 Å². The van der Waals surface area contributed by atoms with Crippen molar-refractivity contribution < 1.29 is 23.8 Å². The first-order valence-corrected chi connectivity index (χ1v) is 9.64. The lowest BCUT2D eigenvalue weighted by atomic mass is 10.2. The number of benzene rings is 2. The highest BCUT2D eigenvalue weighted by Crippen LogP contribution is 2.29. The van der Waals surface area contributed by atoms with E-state index in [1.165, 1.54) is 32.5 Å². The second-order valence-corrected chi connectivity index (χ2v) is 6.87. The summed E-state index contributed by atoms with van der Waals surface area (Å²) < 4.78 is 15.7. The van der Waals surface area contributed by atoms with Crippen LogP contribution in [0.15, 0.2) is 53.9 Å². The number of hydrogen-bond acceptors (Lipinski definition) is 7. The molecule has 1 aromatic heterocycles. The Morgan fingerprint density at radius 3 is 2.52 bits per heavy atom. The fourth-order valence-corrected chi connectivity index (χ4v) is 3.30. The summed E-state index contributed by atoms with van der Waals surface area (Å²) in [6.07, 6.45) is -1.03. The van der Waals surface area contributed by atoms with Crippen molar-refractivity contribution in [2.24, 2.45) is 0 Å². The minimum Gasteiger partial charge on any atom is -0.497 e. The van der Waals surface area contributed by atoms with E-state index in [4.69, 9.17) is 14.2 Å². The van der Waals surface area contributed by atoms with Gasteiger partial charge in [-0.05, 0) is 19.1 Å². The number of hydrogen-bond donors (Lipinski definition) is 1. The van der Waals surface area contributed by atoms with Crippen molar-refractivity contribution in [3.63, 3.8) is 0 Å². The first-order chi connectivity index (χ1) is 14.0. The highest BCUT2D eigenvalue weighted by Gasteiger charge is 2.22. The lowest BCUT2D eigenvalue weighted by Crippen LogP contribution is -2.30. The van der Waals surface area contributed by atoms with Gasteiger partial charge in [0.05, 0.1) is 19.9 Å². The molecule has 0 aliphatic heterocycles. The van der Waals surface area contributed by atoms with E-state index in [1.807, 2.05) is 30.3 Å². The van der Waals surface area contributed by atoms with E-state index in [1.54, 1.807) is 23.6 Å². The Balaban J connectivity index is 1.66. The third-order valence-electron chi connectivity index (χ3n) is 4.05. The lowest BCUT2D eigenvalue weighted by Gasteiger charge is -2.15. The Kier molecular flexibility index (Phi) is 6.46. The first kappa shape index (κ1) is 20.3. The van der Waals surface area contributed by atoms with Crippen LogP contribution in [0.4, 0.5) is 5.69 Å². The van der Waals surface area contributed by atoms with Crippen molar-refractivity contribution in [1.82, 2.24) is 4.98 Å². The summed E-state index contributed by atoms with van der Waals surface area (Å²) in [6, 6.07) is 14.5. The van der Waals surface area contributed by atoms with Crippen LogP contribution in [0.3, 0.4) is 0 Å². The Bertz CT molecular complexity index is 1000. The number of carbonyl (C=O) groups is 2. The van der Waals surface area contributed by atoms with Gasteiger partial charge in [-0.15, -0.1) is 11.3 Å². The standard InChI is InChI=1S/C21H20N2O5S/c1-13(19(24)22-16-11-15(26-2)9-10-18(16)27-3)28-21(25)17-12-29-20(23-17)14-7-5-4-6-8-14/h4-13H,1-3H3,(H,22,24). The molecule has 0 fully saturated rings. The largest absolute Gasteiger partial charge is 0.497 e. The van der Waals surface area contributed by atoms with Gasteiger partial charge in [-0.2, -0.15) is 0 Å². The second kappa shape index (κ2) is 9.20. The topological polar surface area (TPSA) is 86.8 Å². The number of nitrogens with zero attached hydrogens (tertiary/aromatic N) is 1. The predicted molar refractivity (Wildman–Crippen MR) is 111 cm³/mol. The van der Waals surface area contributed by atoms with Gasteiger partial charge in [0.15, 0.2) is 11.8 Å². The summed E-state index contributed by atoms with van der Waals surface area (Å²) in [5.74, 6) is -0.140. The molecular formula is C21H20N2O5S. The maximum atomic E-state index is 12.5. The van der Waals surface area contributed by atoms with Crippen molar-refractivity contribution in [3.8, 4) is 22.1 Å². The van der Waals surface area contributed by atoms with Crippen molar-refractivity contribution in [2.45, 2.75) is 13.0 Å². The van der Waals surface area contributed by atoms with Gasteiger partial charge < -0.3 is 19.5 Å². The molecule has 0 saturated heterocycles. The Labute approximate surface area is 172 Å². The van der Waals surface area contributed by atoms with Gasteiger partial charge in [0, 0.05) is 17.0 Å². The van der Waals surface area contributed by atoms with E-state index < -0.39 is 18.0 Å². The molecule has 3 rings (SSSR count). The van der Waals surface area contributed by atoms with Crippen molar-refractivity contribution >= 4 is 28.9 Å². The predicted octanol–water partition coefficient (Wildman–Crippen LogP) is 4.01. The third-order valence-corrected chi connectivity index (χ3v) is 4.94. The number of aromatic nitrogens is 1. The molecule has 29 heavy (non-hydrogen) atoms. The van der Waals surface area contributed by atoms with Gasteiger partial charge in [0.25, 0.3) is 5.91 Å². The smallest absolute Gasteiger partial charge is 0.358 e. The highest BCUT2D eigenvalue weighted by atomic mass is 32.1. The molecule has 0 aliphatic carbocycles. The summed E-state index contributed by atoms with van der Waals surface area (Å²) in [6.45, 7) is 1.49. The fourth-order valence-electron chi connectivity index (χ4n) is 2.50. The van der Waals surface area contributed by atoms with Crippen molar-refractivity contribution in [1.29, 1.82) is 0 Å². The number of methoxy groups -OCH3 is 2. The fraction of sp³-hybridized carbons (Fsp3) is 0.190.